The van der Waals surface area contributed by atoms with Crippen LogP contribution in [0, 0.1) is 0 Å². The first-order chi connectivity index (χ1) is 16.1. The van der Waals surface area contributed by atoms with E-state index in [4.69, 9.17) is 14.2 Å². The summed E-state index contributed by atoms with van der Waals surface area (Å²) in [6.07, 6.45) is 11.1. The van der Waals surface area contributed by atoms with Crippen LogP contribution in [0.1, 0.15) is 74.4 Å². The molecule has 0 atom stereocenters. The zero-order valence-corrected chi connectivity index (χ0v) is 20.4. The van der Waals surface area contributed by atoms with Crippen LogP contribution in [-0.4, -0.2) is 25.6 Å². The van der Waals surface area contributed by atoms with Crippen LogP contribution in [0.25, 0.3) is 6.08 Å². The van der Waals surface area contributed by atoms with Crippen LogP contribution in [0.5, 0.6) is 17.2 Å². The average molecular weight is 451 g/mol. The van der Waals surface area contributed by atoms with Crippen LogP contribution < -0.4 is 14.2 Å². The largest absolute Gasteiger partial charge is 0.493 e. The summed E-state index contributed by atoms with van der Waals surface area (Å²) in [4.78, 5) is 12.9. The summed E-state index contributed by atoms with van der Waals surface area (Å²) in [5.74, 6) is 2.22. The monoisotopic (exact) mass is 450 g/mol. The Balaban J connectivity index is 2.34. The molecule has 0 saturated carbocycles. The number of rotatable bonds is 16. The van der Waals surface area contributed by atoms with Gasteiger partial charge < -0.3 is 14.2 Å². The lowest BCUT2D eigenvalue weighted by atomic mass is 10.0. The number of hydrogen-bond donors (Lipinski definition) is 0. The zero-order chi connectivity index (χ0) is 23.9. The van der Waals surface area contributed by atoms with Gasteiger partial charge in [0.05, 0.1) is 18.8 Å². The van der Waals surface area contributed by atoms with Crippen molar-refractivity contribution in [3.63, 3.8) is 0 Å². The van der Waals surface area contributed by atoms with Crippen molar-refractivity contribution < 1.29 is 19.0 Å². The summed E-state index contributed by atoms with van der Waals surface area (Å²) >= 11 is 0. The standard InChI is InChI=1S/C29H38O4/c1-5-9-21-32-28-19-14-24(11-7-3)29(33-22-10-6-2)26(28)17-18-27(30)23-12-15-25(16-13-23)31-20-8-4/h8,12-19H,4-7,9-11,20-22H2,1-3H3. The van der Waals surface area contributed by atoms with Gasteiger partial charge in [-0.15, -0.1) is 0 Å². The number of ether oxygens (including phenoxy) is 3. The molecule has 0 saturated heterocycles. The van der Waals surface area contributed by atoms with Crippen molar-refractivity contribution >= 4 is 11.9 Å². The van der Waals surface area contributed by atoms with E-state index < -0.39 is 0 Å². The lowest BCUT2D eigenvalue weighted by Gasteiger charge is -2.18. The minimum absolute atomic E-state index is 0.0785. The minimum atomic E-state index is -0.0785. The highest BCUT2D eigenvalue weighted by Crippen LogP contribution is 2.35. The number of hydrogen-bond acceptors (Lipinski definition) is 4. The van der Waals surface area contributed by atoms with Crippen LogP contribution >= 0.6 is 0 Å². The molecule has 0 amide bonds. The van der Waals surface area contributed by atoms with Gasteiger partial charge in [-0.1, -0.05) is 58.8 Å². The minimum Gasteiger partial charge on any atom is -0.493 e. The molecule has 0 aliphatic rings. The first kappa shape index (κ1) is 26.2. The predicted molar refractivity (Wildman–Crippen MR) is 137 cm³/mol. The van der Waals surface area contributed by atoms with Gasteiger partial charge >= 0.3 is 0 Å². The fourth-order valence-electron chi connectivity index (χ4n) is 3.32. The molecule has 2 rings (SSSR count). The van der Waals surface area contributed by atoms with Gasteiger partial charge in [0, 0.05) is 5.56 Å². The van der Waals surface area contributed by atoms with Gasteiger partial charge in [-0.2, -0.15) is 0 Å². The maximum atomic E-state index is 12.9. The van der Waals surface area contributed by atoms with E-state index in [-0.39, 0.29) is 5.78 Å². The van der Waals surface area contributed by atoms with Gasteiger partial charge in [-0.25, -0.2) is 0 Å². The van der Waals surface area contributed by atoms with Gasteiger partial charge in [0.1, 0.15) is 23.9 Å². The van der Waals surface area contributed by atoms with Gasteiger partial charge in [-0.3, -0.25) is 4.79 Å². The van der Waals surface area contributed by atoms with Crippen LogP contribution in [0.4, 0.5) is 0 Å². The molecule has 0 N–H and O–H groups in total. The summed E-state index contributed by atoms with van der Waals surface area (Å²) in [6.45, 7) is 11.8. The Bertz CT molecular complexity index is 897. The number of unbranched alkanes of at least 4 members (excludes halogenated alkanes) is 2. The van der Waals surface area contributed by atoms with E-state index in [9.17, 15) is 4.79 Å². The Hall–Kier alpha value is -3.01. The number of carbonyl (C=O) groups is 1. The molecule has 0 aromatic heterocycles. The molecule has 0 spiro atoms. The smallest absolute Gasteiger partial charge is 0.185 e. The van der Waals surface area contributed by atoms with Gasteiger partial charge in [0.2, 0.25) is 0 Å². The Kier molecular flexibility index (Phi) is 11.9. The molecule has 0 aliphatic carbocycles. The van der Waals surface area contributed by atoms with E-state index in [1.54, 1.807) is 36.4 Å². The summed E-state index contributed by atoms with van der Waals surface area (Å²) in [7, 11) is 0. The second kappa shape index (κ2) is 14.9. The lowest BCUT2D eigenvalue weighted by molar-refractivity contribution is 0.104. The molecule has 0 aliphatic heterocycles. The number of allylic oxidation sites excluding steroid dienone is 1. The third-order valence-electron chi connectivity index (χ3n) is 5.16. The molecule has 0 fully saturated rings. The van der Waals surface area contributed by atoms with Crippen LogP contribution in [0.15, 0.2) is 55.1 Å². The summed E-state index contributed by atoms with van der Waals surface area (Å²) < 4.78 is 17.8. The van der Waals surface area contributed by atoms with Crippen molar-refractivity contribution in [2.45, 2.75) is 59.3 Å². The van der Waals surface area contributed by atoms with Crippen molar-refractivity contribution in [2.24, 2.45) is 0 Å². The maximum absolute atomic E-state index is 12.9. The van der Waals surface area contributed by atoms with E-state index in [2.05, 4.69) is 33.4 Å². The second-order valence-electron chi connectivity index (χ2n) is 7.94. The van der Waals surface area contributed by atoms with E-state index in [1.165, 1.54) is 0 Å². The molecule has 2 aromatic carbocycles. The van der Waals surface area contributed by atoms with Crippen molar-refractivity contribution in [1.29, 1.82) is 0 Å². The van der Waals surface area contributed by atoms with E-state index in [0.717, 1.165) is 61.2 Å². The summed E-state index contributed by atoms with van der Waals surface area (Å²) in [5.41, 5.74) is 2.59. The van der Waals surface area contributed by atoms with E-state index in [1.807, 2.05) is 12.1 Å². The summed E-state index contributed by atoms with van der Waals surface area (Å²) in [5, 5.41) is 0. The highest BCUT2D eigenvalue weighted by atomic mass is 16.5. The highest BCUT2D eigenvalue weighted by molar-refractivity contribution is 6.07. The highest BCUT2D eigenvalue weighted by Gasteiger charge is 2.15. The summed E-state index contributed by atoms with van der Waals surface area (Å²) in [6, 6.07) is 11.2. The van der Waals surface area contributed by atoms with E-state index >= 15 is 0 Å². The molecular weight excluding hydrogens is 412 g/mol. The molecule has 4 nitrogen and oxygen atoms in total. The Morgan fingerprint density at radius 2 is 1.58 bits per heavy atom. The molecule has 0 heterocycles. The van der Waals surface area contributed by atoms with Crippen molar-refractivity contribution in [2.75, 3.05) is 19.8 Å². The van der Waals surface area contributed by atoms with Gasteiger partial charge in [0.15, 0.2) is 5.78 Å². The average Bonchev–Trinajstić information content (AvgIpc) is 2.83. The first-order valence-electron chi connectivity index (χ1n) is 12.1. The van der Waals surface area contributed by atoms with E-state index in [0.29, 0.717) is 31.1 Å². The molecular formula is C29H38O4. The zero-order valence-electron chi connectivity index (χ0n) is 20.4. The third-order valence-corrected chi connectivity index (χ3v) is 5.16. The molecule has 33 heavy (non-hydrogen) atoms. The number of ketones is 1. The molecule has 0 radical (unpaired) electrons. The van der Waals surface area contributed by atoms with Crippen LogP contribution in [0.3, 0.4) is 0 Å². The molecule has 4 heteroatoms. The Labute approximate surface area is 199 Å². The maximum Gasteiger partial charge on any atom is 0.185 e. The number of carbonyl (C=O) groups excluding carboxylic acids is 1. The quantitative estimate of drug-likeness (QED) is 0.115. The van der Waals surface area contributed by atoms with Crippen LogP contribution in [0.2, 0.25) is 0 Å². The Morgan fingerprint density at radius 3 is 2.21 bits per heavy atom. The number of aryl methyl sites for hydroxylation is 1. The fraction of sp³-hybridized carbons (Fsp3) is 0.414. The van der Waals surface area contributed by atoms with Gasteiger partial charge in [-0.05, 0) is 67.3 Å². The lowest BCUT2D eigenvalue weighted by Crippen LogP contribution is -2.05. The Morgan fingerprint density at radius 1 is 0.879 bits per heavy atom. The normalized spacial score (nSPS) is 10.9. The van der Waals surface area contributed by atoms with Crippen LogP contribution in [-0.2, 0) is 6.42 Å². The first-order valence-corrected chi connectivity index (χ1v) is 12.1. The molecule has 0 bridgehead atoms. The second-order valence-corrected chi connectivity index (χ2v) is 7.94. The van der Waals surface area contributed by atoms with Crippen molar-refractivity contribution in [3.05, 3.63) is 71.8 Å². The third kappa shape index (κ3) is 8.45. The topological polar surface area (TPSA) is 44.8 Å². The number of benzene rings is 2. The van der Waals surface area contributed by atoms with Crippen molar-refractivity contribution in [1.82, 2.24) is 0 Å². The predicted octanol–water partition coefficient (Wildman–Crippen LogP) is 7.46. The molecule has 2 aromatic rings. The SMILES string of the molecule is C=CCOc1ccc(C(=O)C=Cc2c(OCCCC)ccc(CCC)c2OCCCC)cc1. The van der Waals surface area contributed by atoms with Crippen molar-refractivity contribution in [3.8, 4) is 17.2 Å². The van der Waals surface area contributed by atoms with Gasteiger partial charge in [0.25, 0.3) is 0 Å². The molecule has 0 unspecified atom stereocenters. The molecule has 178 valence electrons. The fourth-order valence-corrected chi connectivity index (χ4v) is 3.32.